The van der Waals surface area contributed by atoms with Gasteiger partial charge in [0.1, 0.15) is 11.9 Å². The molecule has 1 aromatic heterocycles. The Balaban J connectivity index is 2.27. The molecule has 4 nitrogen and oxygen atoms in total. The Hall–Kier alpha value is -1.91. The summed E-state index contributed by atoms with van der Waals surface area (Å²) >= 11 is 0. The molecule has 0 bridgehead atoms. The van der Waals surface area contributed by atoms with Crippen LogP contribution < -0.4 is 10.5 Å². The highest BCUT2D eigenvalue weighted by atomic mass is 16.5. The first-order valence-electron chi connectivity index (χ1n) is 6.23. The van der Waals surface area contributed by atoms with E-state index in [4.69, 9.17) is 10.5 Å². The average Bonchev–Trinajstić information content (AvgIpc) is 2.45. The minimum Gasteiger partial charge on any atom is -0.484 e. The number of hydrogen-bond acceptors (Lipinski definition) is 4. The Labute approximate surface area is 112 Å². The summed E-state index contributed by atoms with van der Waals surface area (Å²) in [5.74, 6) is 0.649. The molecule has 19 heavy (non-hydrogen) atoms. The molecule has 4 heteroatoms. The van der Waals surface area contributed by atoms with Gasteiger partial charge >= 0.3 is 0 Å². The van der Waals surface area contributed by atoms with Gasteiger partial charge in [0.25, 0.3) is 0 Å². The van der Waals surface area contributed by atoms with E-state index < -0.39 is 0 Å². The molecular formula is C15H18N2O2. The first kappa shape index (κ1) is 13.5. The van der Waals surface area contributed by atoms with Crippen LogP contribution in [0.5, 0.6) is 5.75 Å². The zero-order valence-corrected chi connectivity index (χ0v) is 10.9. The second kappa shape index (κ2) is 6.31. The van der Waals surface area contributed by atoms with E-state index in [1.807, 2.05) is 43.3 Å². The van der Waals surface area contributed by atoms with Crippen LogP contribution >= 0.6 is 0 Å². The molecule has 0 aliphatic carbocycles. The fraction of sp³-hybridized carbons (Fsp3) is 0.267. The number of hydrogen-bond donors (Lipinski definition) is 2. The van der Waals surface area contributed by atoms with Crippen molar-refractivity contribution in [1.82, 2.24) is 4.98 Å². The Kier molecular flexibility index (Phi) is 4.49. The summed E-state index contributed by atoms with van der Waals surface area (Å²) in [6, 6.07) is 11.0. The molecule has 1 heterocycles. The summed E-state index contributed by atoms with van der Waals surface area (Å²) in [7, 11) is 0. The van der Waals surface area contributed by atoms with Gasteiger partial charge in [0.05, 0.1) is 6.61 Å². The van der Waals surface area contributed by atoms with Crippen LogP contribution in [0.25, 0.3) is 0 Å². The molecule has 0 amide bonds. The fourth-order valence-corrected chi connectivity index (χ4v) is 1.91. The van der Waals surface area contributed by atoms with Crippen molar-refractivity contribution in [3.8, 4) is 5.75 Å². The highest BCUT2D eigenvalue weighted by Crippen LogP contribution is 2.26. The van der Waals surface area contributed by atoms with Gasteiger partial charge in [0.15, 0.2) is 0 Å². The van der Waals surface area contributed by atoms with Crippen LogP contribution in [0.15, 0.2) is 48.8 Å². The monoisotopic (exact) mass is 258 g/mol. The maximum atomic E-state index is 9.32. The lowest BCUT2D eigenvalue weighted by atomic mass is 10.1. The first-order valence-corrected chi connectivity index (χ1v) is 6.23. The Bertz CT molecular complexity index is 515. The van der Waals surface area contributed by atoms with Crippen molar-refractivity contribution in [3.05, 3.63) is 59.9 Å². The maximum Gasteiger partial charge on any atom is 0.140 e. The largest absolute Gasteiger partial charge is 0.484 e. The van der Waals surface area contributed by atoms with Crippen molar-refractivity contribution in [2.75, 3.05) is 0 Å². The summed E-state index contributed by atoms with van der Waals surface area (Å²) in [4.78, 5) is 4.09. The molecule has 0 aliphatic heterocycles. The van der Waals surface area contributed by atoms with Crippen LogP contribution in [0.1, 0.15) is 24.2 Å². The van der Waals surface area contributed by atoms with Crippen molar-refractivity contribution >= 4 is 0 Å². The van der Waals surface area contributed by atoms with Crippen molar-refractivity contribution in [2.24, 2.45) is 5.73 Å². The molecule has 2 aromatic rings. The molecule has 0 saturated heterocycles. The third kappa shape index (κ3) is 3.30. The van der Waals surface area contributed by atoms with Gasteiger partial charge < -0.3 is 15.6 Å². The molecule has 0 spiro atoms. The van der Waals surface area contributed by atoms with Crippen LogP contribution in [-0.2, 0) is 6.61 Å². The van der Waals surface area contributed by atoms with E-state index in [1.54, 1.807) is 12.4 Å². The molecule has 0 saturated carbocycles. The third-order valence-corrected chi connectivity index (χ3v) is 2.89. The molecule has 0 fully saturated rings. The minimum absolute atomic E-state index is 0.0606. The smallest absolute Gasteiger partial charge is 0.140 e. The van der Waals surface area contributed by atoms with Crippen molar-refractivity contribution in [1.29, 1.82) is 0 Å². The number of aliphatic hydroxyl groups excluding tert-OH is 1. The van der Waals surface area contributed by atoms with Crippen LogP contribution in [-0.4, -0.2) is 16.1 Å². The van der Waals surface area contributed by atoms with Crippen LogP contribution in [0, 0.1) is 0 Å². The van der Waals surface area contributed by atoms with Crippen molar-refractivity contribution in [2.45, 2.75) is 25.7 Å². The van der Waals surface area contributed by atoms with Crippen molar-refractivity contribution in [3.63, 3.8) is 0 Å². The Morgan fingerprint density at radius 1 is 1.26 bits per heavy atom. The highest BCUT2D eigenvalue weighted by molar-refractivity contribution is 5.33. The van der Waals surface area contributed by atoms with Gasteiger partial charge in [-0.3, -0.25) is 4.98 Å². The topological polar surface area (TPSA) is 68.4 Å². The van der Waals surface area contributed by atoms with Crippen LogP contribution in [0.2, 0.25) is 0 Å². The lowest BCUT2D eigenvalue weighted by Crippen LogP contribution is -2.29. The van der Waals surface area contributed by atoms with E-state index in [9.17, 15) is 5.11 Å². The predicted octanol–water partition coefficient (Wildman–Crippen LogP) is 2.04. The van der Waals surface area contributed by atoms with E-state index in [-0.39, 0.29) is 18.8 Å². The zero-order chi connectivity index (χ0) is 13.7. The van der Waals surface area contributed by atoms with Crippen LogP contribution in [0.4, 0.5) is 0 Å². The second-order valence-electron chi connectivity index (χ2n) is 4.45. The second-order valence-corrected chi connectivity index (χ2v) is 4.45. The number of para-hydroxylation sites is 1. The summed E-state index contributed by atoms with van der Waals surface area (Å²) in [5, 5.41) is 9.32. The molecule has 2 atom stereocenters. The molecule has 1 aromatic carbocycles. The Morgan fingerprint density at radius 3 is 2.68 bits per heavy atom. The minimum atomic E-state index is -0.290. The maximum absolute atomic E-state index is 9.32. The van der Waals surface area contributed by atoms with Gasteiger partial charge in [-0.25, -0.2) is 0 Å². The summed E-state index contributed by atoms with van der Waals surface area (Å²) in [5.41, 5.74) is 7.66. The van der Waals surface area contributed by atoms with E-state index in [0.717, 1.165) is 11.1 Å². The lowest BCUT2D eigenvalue weighted by Gasteiger charge is -2.23. The molecule has 0 aliphatic rings. The van der Waals surface area contributed by atoms with Gasteiger partial charge in [0, 0.05) is 29.6 Å². The SMILES string of the molecule is CC(N)C(Oc1ccccc1CO)c1cccnc1. The summed E-state index contributed by atoms with van der Waals surface area (Å²) in [6.07, 6.45) is 3.17. The summed E-state index contributed by atoms with van der Waals surface area (Å²) < 4.78 is 5.96. The molecule has 3 N–H and O–H groups in total. The number of nitrogens with zero attached hydrogens (tertiary/aromatic N) is 1. The quantitative estimate of drug-likeness (QED) is 0.861. The molecule has 2 rings (SSSR count). The van der Waals surface area contributed by atoms with E-state index in [2.05, 4.69) is 4.98 Å². The number of benzene rings is 1. The highest BCUT2D eigenvalue weighted by Gasteiger charge is 2.19. The number of aromatic nitrogens is 1. The number of rotatable bonds is 5. The standard InChI is InChI=1S/C15H18N2O2/c1-11(16)15(12-6-4-8-17-9-12)19-14-7-3-2-5-13(14)10-18/h2-9,11,15,18H,10,16H2,1H3. The third-order valence-electron chi connectivity index (χ3n) is 2.89. The lowest BCUT2D eigenvalue weighted by molar-refractivity contribution is 0.173. The molecule has 0 radical (unpaired) electrons. The number of aliphatic hydroxyl groups is 1. The van der Waals surface area contributed by atoms with E-state index in [0.29, 0.717) is 5.75 Å². The summed E-state index contributed by atoms with van der Waals surface area (Å²) in [6.45, 7) is 1.83. The van der Waals surface area contributed by atoms with Crippen molar-refractivity contribution < 1.29 is 9.84 Å². The van der Waals surface area contributed by atoms with Gasteiger partial charge in [-0.2, -0.15) is 0 Å². The molecular weight excluding hydrogens is 240 g/mol. The average molecular weight is 258 g/mol. The number of pyridine rings is 1. The number of ether oxygens (including phenoxy) is 1. The van der Waals surface area contributed by atoms with Crippen LogP contribution in [0.3, 0.4) is 0 Å². The van der Waals surface area contributed by atoms with Gasteiger partial charge in [-0.05, 0) is 19.1 Å². The van der Waals surface area contributed by atoms with Gasteiger partial charge in [0.2, 0.25) is 0 Å². The van der Waals surface area contributed by atoms with E-state index in [1.165, 1.54) is 0 Å². The Morgan fingerprint density at radius 2 is 2.05 bits per heavy atom. The predicted molar refractivity (Wildman–Crippen MR) is 73.6 cm³/mol. The normalized spacial score (nSPS) is 13.8. The van der Waals surface area contributed by atoms with Gasteiger partial charge in [-0.1, -0.05) is 24.3 Å². The van der Waals surface area contributed by atoms with Gasteiger partial charge in [-0.15, -0.1) is 0 Å². The van der Waals surface area contributed by atoms with E-state index >= 15 is 0 Å². The fourth-order valence-electron chi connectivity index (χ4n) is 1.91. The zero-order valence-electron chi connectivity index (χ0n) is 10.9. The first-order chi connectivity index (χ1) is 9.22. The number of nitrogens with two attached hydrogens (primary N) is 1. The molecule has 2 unspecified atom stereocenters. The molecule has 100 valence electrons.